The van der Waals surface area contributed by atoms with Gasteiger partial charge in [-0.2, -0.15) is 0 Å². The number of benzene rings is 8. The van der Waals surface area contributed by atoms with Crippen molar-refractivity contribution in [3.05, 3.63) is 193 Å². The molecule has 0 bridgehead atoms. The third-order valence-corrected chi connectivity index (χ3v) is 9.92. The quantitative estimate of drug-likeness (QED) is 0.201. The zero-order valence-electron chi connectivity index (χ0n) is 27.6. The van der Waals surface area contributed by atoms with Gasteiger partial charge in [-0.15, -0.1) is 0 Å². The SMILES string of the molecule is c1ccc(-c2cccc3c2oc2cccc(C4N=C(c5ccc(-c6ccc7ccccc7c6)cc5)NC(c5ccc6ccccc6c5)=N4)c23)cc1. The maximum absolute atomic E-state index is 6.61. The normalized spacial score (nSPS) is 14.5. The van der Waals surface area contributed by atoms with E-state index < -0.39 is 6.17 Å². The van der Waals surface area contributed by atoms with Crippen LogP contribution in [0.3, 0.4) is 0 Å². The molecule has 4 nitrogen and oxygen atoms in total. The topological polar surface area (TPSA) is 49.9 Å². The zero-order chi connectivity index (χ0) is 33.7. The Balaban J connectivity index is 1.11. The van der Waals surface area contributed by atoms with Crippen molar-refractivity contribution >= 4 is 55.2 Å². The second kappa shape index (κ2) is 12.0. The molecule has 0 saturated carbocycles. The van der Waals surface area contributed by atoms with Crippen molar-refractivity contribution in [2.45, 2.75) is 6.17 Å². The molecule has 4 heteroatoms. The predicted molar refractivity (Wildman–Crippen MR) is 211 cm³/mol. The summed E-state index contributed by atoms with van der Waals surface area (Å²) in [6.07, 6.45) is -0.493. The molecule has 1 N–H and O–H groups in total. The first-order valence-corrected chi connectivity index (χ1v) is 17.3. The number of para-hydroxylation sites is 1. The summed E-state index contributed by atoms with van der Waals surface area (Å²) in [5, 5.41) is 10.5. The summed E-state index contributed by atoms with van der Waals surface area (Å²) in [6.45, 7) is 0. The second-order valence-electron chi connectivity index (χ2n) is 13.0. The first-order chi connectivity index (χ1) is 25.2. The first-order valence-electron chi connectivity index (χ1n) is 17.3. The minimum Gasteiger partial charge on any atom is -0.455 e. The summed E-state index contributed by atoms with van der Waals surface area (Å²) < 4.78 is 6.61. The number of rotatable bonds is 5. The van der Waals surface area contributed by atoms with Crippen molar-refractivity contribution in [1.82, 2.24) is 5.32 Å². The highest BCUT2D eigenvalue weighted by atomic mass is 16.3. The summed E-state index contributed by atoms with van der Waals surface area (Å²) >= 11 is 0. The summed E-state index contributed by atoms with van der Waals surface area (Å²) in [5.41, 5.74) is 9.22. The molecule has 0 radical (unpaired) electrons. The fourth-order valence-electron chi connectivity index (χ4n) is 7.34. The molecule has 10 rings (SSSR count). The molecule has 0 aliphatic carbocycles. The van der Waals surface area contributed by atoms with E-state index in [0.717, 1.165) is 72.4 Å². The van der Waals surface area contributed by atoms with Crippen molar-refractivity contribution in [2.24, 2.45) is 9.98 Å². The minimum atomic E-state index is -0.493. The first kappa shape index (κ1) is 29.2. The molecule has 0 saturated heterocycles. The predicted octanol–water partition coefficient (Wildman–Crippen LogP) is 11.7. The van der Waals surface area contributed by atoms with Gasteiger partial charge in [-0.3, -0.25) is 0 Å². The van der Waals surface area contributed by atoms with Crippen molar-refractivity contribution in [2.75, 3.05) is 0 Å². The molecule has 1 aliphatic rings. The van der Waals surface area contributed by atoms with Crippen molar-refractivity contribution in [3.8, 4) is 22.3 Å². The summed E-state index contributed by atoms with van der Waals surface area (Å²) in [4.78, 5) is 10.6. The van der Waals surface area contributed by atoms with E-state index in [1.54, 1.807) is 0 Å². The fourth-order valence-corrected chi connectivity index (χ4v) is 7.34. The summed E-state index contributed by atoms with van der Waals surface area (Å²) in [5.74, 6) is 1.56. The molecule has 9 aromatic rings. The highest BCUT2D eigenvalue weighted by Gasteiger charge is 2.25. The number of fused-ring (bicyclic) bond motifs is 5. The van der Waals surface area contributed by atoms with Gasteiger partial charge in [0.05, 0.1) is 0 Å². The Morgan fingerprint density at radius 3 is 1.76 bits per heavy atom. The molecule has 0 amide bonds. The standard InChI is InChI=1S/C47H31N3O/c1-2-12-33(13-3-1)39-16-8-17-40-43-41(18-9-19-42(43)51-44(39)40)47-49-45(48-46(50-47)38-27-23-31-11-5-7-15-36(31)29-38)34-24-20-32(21-25-34)37-26-22-30-10-4-6-14-35(30)28-37/h1-29,47H,(H,48,49,50). The molecule has 1 unspecified atom stereocenters. The smallest absolute Gasteiger partial charge is 0.170 e. The van der Waals surface area contributed by atoms with Crippen LogP contribution >= 0.6 is 0 Å². The van der Waals surface area contributed by atoms with Crippen LogP contribution in [0.4, 0.5) is 0 Å². The highest BCUT2D eigenvalue weighted by molar-refractivity contribution is 6.17. The van der Waals surface area contributed by atoms with Crippen LogP contribution in [0.2, 0.25) is 0 Å². The van der Waals surface area contributed by atoms with E-state index in [2.05, 4.69) is 163 Å². The van der Waals surface area contributed by atoms with Gasteiger partial charge in [-0.25, -0.2) is 9.98 Å². The maximum atomic E-state index is 6.61. The number of aliphatic imine (C=N–C) groups is 2. The van der Waals surface area contributed by atoms with Gasteiger partial charge in [0.1, 0.15) is 22.8 Å². The monoisotopic (exact) mass is 653 g/mol. The van der Waals surface area contributed by atoms with Crippen molar-refractivity contribution in [3.63, 3.8) is 0 Å². The largest absolute Gasteiger partial charge is 0.455 e. The lowest BCUT2D eigenvalue weighted by Gasteiger charge is -2.23. The molecule has 1 atom stereocenters. The van der Waals surface area contributed by atoms with Gasteiger partial charge in [-0.05, 0) is 56.4 Å². The summed E-state index contributed by atoms with van der Waals surface area (Å²) in [7, 11) is 0. The number of furan rings is 1. The molecular weight excluding hydrogens is 623 g/mol. The number of nitrogens with zero attached hydrogens (tertiary/aromatic N) is 2. The van der Waals surface area contributed by atoms with E-state index in [1.165, 1.54) is 21.7 Å². The number of hydrogen-bond donors (Lipinski definition) is 1. The summed E-state index contributed by atoms with van der Waals surface area (Å²) in [6, 6.07) is 61.6. The van der Waals surface area contributed by atoms with Crippen LogP contribution in [0, 0.1) is 0 Å². The van der Waals surface area contributed by atoms with E-state index in [1.807, 2.05) is 18.2 Å². The van der Waals surface area contributed by atoms with Gasteiger partial charge in [0.15, 0.2) is 6.17 Å². The van der Waals surface area contributed by atoms with Crippen molar-refractivity contribution < 1.29 is 4.42 Å². The van der Waals surface area contributed by atoms with Gasteiger partial charge in [0.25, 0.3) is 0 Å². The van der Waals surface area contributed by atoms with Crippen LogP contribution in [0.15, 0.2) is 190 Å². The van der Waals surface area contributed by atoms with E-state index in [4.69, 9.17) is 14.4 Å². The van der Waals surface area contributed by atoms with Crippen molar-refractivity contribution in [1.29, 1.82) is 0 Å². The number of amidine groups is 2. The Kier molecular flexibility index (Phi) is 6.85. The van der Waals surface area contributed by atoms with E-state index in [-0.39, 0.29) is 0 Å². The number of nitrogens with one attached hydrogen (secondary N) is 1. The lowest BCUT2D eigenvalue weighted by Crippen LogP contribution is -2.36. The molecule has 2 heterocycles. The second-order valence-corrected chi connectivity index (χ2v) is 13.0. The van der Waals surface area contributed by atoms with E-state index in [0.29, 0.717) is 0 Å². The van der Waals surface area contributed by atoms with Crippen LogP contribution in [0.1, 0.15) is 22.9 Å². The Hall–Kier alpha value is -6.78. The van der Waals surface area contributed by atoms with E-state index in [9.17, 15) is 0 Å². The molecule has 1 aliphatic heterocycles. The van der Waals surface area contributed by atoms with Crippen LogP contribution in [-0.4, -0.2) is 11.7 Å². The maximum Gasteiger partial charge on any atom is 0.170 e. The molecule has 0 fully saturated rings. The average Bonchev–Trinajstić information content (AvgIpc) is 3.60. The Morgan fingerprint density at radius 1 is 0.431 bits per heavy atom. The van der Waals surface area contributed by atoms with Gasteiger partial charge >= 0.3 is 0 Å². The molecule has 51 heavy (non-hydrogen) atoms. The highest BCUT2D eigenvalue weighted by Crippen LogP contribution is 2.40. The van der Waals surface area contributed by atoms with Gasteiger partial charge in [0.2, 0.25) is 0 Å². The fraction of sp³-hybridized carbons (Fsp3) is 0.0213. The lowest BCUT2D eigenvalue weighted by molar-refractivity contribution is 0.668. The van der Waals surface area contributed by atoms with Crippen LogP contribution in [0.5, 0.6) is 0 Å². The lowest BCUT2D eigenvalue weighted by atomic mass is 9.99. The van der Waals surface area contributed by atoms with Crippen LogP contribution < -0.4 is 5.32 Å². The Morgan fingerprint density at radius 2 is 1.02 bits per heavy atom. The minimum absolute atomic E-state index is 0.493. The van der Waals surface area contributed by atoms with Gasteiger partial charge < -0.3 is 9.73 Å². The Bertz CT molecular complexity index is 2830. The number of hydrogen-bond acceptors (Lipinski definition) is 4. The molecule has 0 spiro atoms. The third-order valence-electron chi connectivity index (χ3n) is 9.92. The average molecular weight is 654 g/mol. The zero-order valence-corrected chi connectivity index (χ0v) is 27.6. The van der Waals surface area contributed by atoms with Crippen LogP contribution in [0.25, 0.3) is 65.7 Å². The molecule has 240 valence electrons. The molecular formula is C47H31N3O. The van der Waals surface area contributed by atoms with Gasteiger partial charge in [-0.1, -0.05) is 158 Å². The van der Waals surface area contributed by atoms with E-state index >= 15 is 0 Å². The van der Waals surface area contributed by atoms with Crippen LogP contribution in [-0.2, 0) is 0 Å². The molecule has 8 aromatic carbocycles. The Labute approximate surface area is 295 Å². The third kappa shape index (κ3) is 5.17. The molecule has 1 aromatic heterocycles. The van der Waals surface area contributed by atoms with Gasteiger partial charge in [0, 0.05) is 33.0 Å².